The molecule has 9 heteroatoms. The summed E-state index contributed by atoms with van der Waals surface area (Å²) in [6.45, 7) is 5.40. The number of amides is 1. The van der Waals surface area contributed by atoms with Crippen LogP contribution in [0.5, 0.6) is 0 Å². The van der Waals surface area contributed by atoms with E-state index < -0.39 is 27.4 Å². The van der Waals surface area contributed by atoms with Crippen molar-refractivity contribution in [3.63, 3.8) is 0 Å². The molecule has 6 nitrogen and oxygen atoms in total. The number of carbonyl (C=O) groups is 1. The van der Waals surface area contributed by atoms with Gasteiger partial charge >= 0.3 is 0 Å². The summed E-state index contributed by atoms with van der Waals surface area (Å²) in [7, 11) is -3.65. The third-order valence-electron chi connectivity index (χ3n) is 7.53. The minimum atomic E-state index is -3.65. The Balaban J connectivity index is 1.54. The summed E-state index contributed by atoms with van der Waals surface area (Å²) in [6, 6.07) is 26.0. The molecule has 3 aromatic carbocycles. The number of carbonyl (C=O) groups excluding carboxylic acids is 1. The Labute approximate surface area is 276 Å². The highest BCUT2D eigenvalue weighted by atomic mass is 35.5. The van der Waals surface area contributed by atoms with Gasteiger partial charge in [0.05, 0.1) is 29.0 Å². The van der Waals surface area contributed by atoms with Gasteiger partial charge in [0.2, 0.25) is 15.9 Å². The summed E-state index contributed by atoms with van der Waals surface area (Å²) in [4.78, 5) is 17.4. The van der Waals surface area contributed by atoms with Crippen LogP contribution in [0.4, 0.5) is 0 Å². The van der Waals surface area contributed by atoms with Crippen LogP contribution in [-0.2, 0) is 21.2 Å². The SMILES string of the molecule is CC(C(=O)NS(C)(=O)=O)c1ccccc1CC[C@H](SCCCC(C)(C)O)c1cccc(C=Cc2ccc3ccc(Cl)cc3n2)c1. The van der Waals surface area contributed by atoms with Crippen molar-refractivity contribution in [3.05, 3.63) is 112 Å². The van der Waals surface area contributed by atoms with Crippen LogP contribution in [0.3, 0.4) is 0 Å². The van der Waals surface area contributed by atoms with Gasteiger partial charge in [-0.05, 0) is 98.7 Å². The predicted octanol–water partition coefficient (Wildman–Crippen LogP) is 8.20. The number of benzene rings is 3. The van der Waals surface area contributed by atoms with E-state index in [4.69, 9.17) is 16.6 Å². The zero-order valence-corrected chi connectivity index (χ0v) is 28.6. The van der Waals surface area contributed by atoms with Gasteiger partial charge in [-0.25, -0.2) is 13.4 Å². The summed E-state index contributed by atoms with van der Waals surface area (Å²) >= 11 is 8.04. The predicted molar refractivity (Wildman–Crippen MR) is 189 cm³/mol. The van der Waals surface area contributed by atoms with Crippen LogP contribution in [0.25, 0.3) is 23.1 Å². The first kappa shape index (κ1) is 34.7. The lowest BCUT2D eigenvalue weighted by molar-refractivity contribution is -0.120. The molecule has 0 saturated carbocycles. The Kier molecular flexibility index (Phi) is 11.9. The van der Waals surface area contributed by atoms with Crippen molar-refractivity contribution in [2.24, 2.45) is 0 Å². The molecule has 0 aliphatic carbocycles. The van der Waals surface area contributed by atoms with Crippen LogP contribution in [0.15, 0.2) is 78.9 Å². The van der Waals surface area contributed by atoms with E-state index in [-0.39, 0.29) is 5.25 Å². The van der Waals surface area contributed by atoms with Crippen molar-refractivity contribution in [2.45, 2.75) is 63.2 Å². The third-order valence-corrected chi connectivity index (χ3v) is 9.78. The summed E-state index contributed by atoms with van der Waals surface area (Å²) < 4.78 is 25.5. The van der Waals surface area contributed by atoms with Gasteiger partial charge in [0.1, 0.15) is 0 Å². The molecule has 0 bridgehead atoms. The summed E-state index contributed by atoms with van der Waals surface area (Å²) in [5.74, 6) is -0.249. The molecule has 1 aromatic heterocycles. The third kappa shape index (κ3) is 11.0. The number of aliphatic hydroxyl groups is 1. The molecule has 4 rings (SSSR count). The molecule has 1 unspecified atom stereocenters. The van der Waals surface area contributed by atoms with E-state index in [0.29, 0.717) is 5.02 Å². The zero-order chi connectivity index (χ0) is 32.6. The molecule has 2 atom stereocenters. The molecule has 238 valence electrons. The lowest BCUT2D eigenvalue weighted by Crippen LogP contribution is -2.33. The van der Waals surface area contributed by atoms with Gasteiger partial charge in [-0.3, -0.25) is 9.52 Å². The number of aromatic nitrogens is 1. The van der Waals surface area contributed by atoms with E-state index in [9.17, 15) is 18.3 Å². The molecular formula is C36H41ClN2O4S2. The number of nitrogens with zero attached hydrogens (tertiary/aromatic N) is 1. The fourth-order valence-electron chi connectivity index (χ4n) is 5.20. The monoisotopic (exact) mass is 664 g/mol. The number of nitrogens with one attached hydrogen (secondary N) is 1. The molecule has 45 heavy (non-hydrogen) atoms. The Morgan fingerprint density at radius 3 is 2.56 bits per heavy atom. The number of thioether (sulfide) groups is 1. The standard InChI is InChI=1S/C36H41ClN2O4S2/c1-25(35(40)39-45(4,42)43)32-12-6-5-10-27(32)16-20-34(44-22-8-21-36(2,3)41)29-11-7-9-26(23-29)13-18-31-19-15-28-14-17-30(37)24-33(28)38-31/h5-7,9-15,17-19,23-25,34,41H,8,16,20-22H2,1-4H3,(H,39,40)/t25?,34-/m0/s1. The Hall–Kier alpha value is -3.17. The van der Waals surface area contributed by atoms with E-state index in [1.807, 2.05) is 86.3 Å². The summed E-state index contributed by atoms with van der Waals surface area (Å²) in [6.07, 6.45) is 8.21. The van der Waals surface area contributed by atoms with Crippen LogP contribution in [-0.4, -0.2) is 42.0 Å². The molecule has 0 saturated heterocycles. The number of aryl methyl sites for hydroxylation is 1. The maximum Gasteiger partial charge on any atom is 0.240 e. The number of halogens is 1. The number of rotatable bonds is 14. The van der Waals surface area contributed by atoms with Crippen LogP contribution in [0.2, 0.25) is 5.02 Å². The summed E-state index contributed by atoms with van der Waals surface area (Å²) in [5.41, 5.74) is 5.10. The average molecular weight is 665 g/mol. The number of fused-ring (bicyclic) bond motifs is 1. The fraction of sp³-hybridized carbons (Fsp3) is 0.333. The topological polar surface area (TPSA) is 96.4 Å². The van der Waals surface area contributed by atoms with Crippen molar-refractivity contribution >= 4 is 62.3 Å². The van der Waals surface area contributed by atoms with E-state index >= 15 is 0 Å². The van der Waals surface area contributed by atoms with Gasteiger partial charge in [-0.15, -0.1) is 0 Å². The van der Waals surface area contributed by atoms with Gasteiger partial charge in [-0.1, -0.05) is 78.3 Å². The highest BCUT2D eigenvalue weighted by molar-refractivity contribution is 7.99. The lowest BCUT2D eigenvalue weighted by Gasteiger charge is -2.21. The van der Waals surface area contributed by atoms with Gasteiger partial charge in [0.25, 0.3) is 0 Å². The Bertz CT molecular complexity index is 1770. The van der Waals surface area contributed by atoms with Crippen LogP contribution in [0, 0.1) is 0 Å². The van der Waals surface area contributed by atoms with Gasteiger partial charge in [-0.2, -0.15) is 11.8 Å². The molecule has 0 aliphatic heterocycles. The molecule has 1 heterocycles. The van der Waals surface area contributed by atoms with Crippen LogP contribution in [0.1, 0.15) is 79.1 Å². The van der Waals surface area contributed by atoms with E-state index in [2.05, 4.69) is 35.1 Å². The molecule has 0 radical (unpaired) electrons. The van der Waals surface area contributed by atoms with Crippen LogP contribution >= 0.6 is 23.4 Å². The maximum atomic E-state index is 12.7. The quantitative estimate of drug-likeness (QED) is 0.132. The molecule has 1 amide bonds. The van der Waals surface area contributed by atoms with Gasteiger partial charge < -0.3 is 5.11 Å². The highest BCUT2D eigenvalue weighted by Gasteiger charge is 2.22. The fourth-order valence-corrected chi connectivity index (χ4v) is 7.13. The number of pyridine rings is 1. The van der Waals surface area contributed by atoms with Crippen molar-refractivity contribution in [2.75, 3.05) is 12.0 Å². The first-order valence-electron chi connectivity index (χ1n) is 15.1. The lowest BCUT2D eigenvalue weighted by atomic mass is 9.91. The maximum absolute atomic E-state index is 12.7. The number of hydrogen-bond donors (Lipinski definition) is 2. The minimum Gasteiger partial charge on any atom is -0.390 e. The molecule has 2 N–H and O–H groups in total. The Morgan fingerprint density at radius 2 is 1.80 bits per heavy atom. The molecule has 0 aliphatic rings. The zero-order valence-electron chi connectivity index (χ0n) is 26.2. The average Bonchev–Trinajstić information content (AvgIpc) is 2.98. The first-order valence-corrected chi connectivity index (χ1v) is 18.4. The minimum absolute atomic E-state index is 0.175. The highest BCUT2D eigenvalue weighted by Crippen LogP contribution is 2.36. The normalized spacial score (nSPS) is 13.6. The molecule has 4 aromatic rings. The summed E-state index contributed by atoms with van der Waals surface area (Å²) in [5, 5.41) is 12.1. The second-order valence-electron chi connectivity index (χ2n) is 12.0. The molecular weight excluding hydrogens is 624 g/mol. The first-order chi connectivity index (χ1) is 21.3. The number of hydrogen-bond acceptors (Lipinski definition) is 6. The molecule has 0 fully saturated rings. The van der Waals surface area contributed by atoms with E-state index in [1.54, 1.807) is 6.92 Å². The van der Waals surface area contributed by atoms with Crippen molar-refractivity contribution < 1.29 is 18.3 Å². The van der Waals surface area contributed by atoms with Crippen LogP contribution < -0.4 is 4.72 Å². The van der Waals surface area contributed by atoms with Crippen molar-refractivity contribution in [1.82, 2.24) is 9.71 Å². The second kappa shape index (κ2) is 15.4. The van der Waals surface area contributed by atoms with E-state index in [0.717, 1.165) is 71.0 Å². The van der Waals surface area contributed by atoms with Crippen molar-refractivity contribution in [3.8, 4) is 0 Å². The second-order valence-corrected chi connectivity index (χ2v) is 15.5. The van der Waals surface area contributed by atoms with Gasteiger partial charge in [0, 0.05) is 15.7 Å². The smallest absolute Gasteiger partial charge is 0.240 e. The van der Waals surface area contributed by atoms with E-state index in [1.165, 1.54) is 5.56 Å². The molecule has 0 spiro atoms. The van der Waals surface area contributed by atoms with Crippen molar-refractivity contribution in [1.29, 1.82) is 0 Å². The number of sulfonamides is 1. The largest absolute Gasteiger partial charge is 0.390 e. The van der Waals surface area contributed by atoms with Gasteiger partial charge in [0.15, 0.2) is 0 Å². The Morgan fingerprint density at radius 1 is 1.04 bits per heavy atom.